The van der Waals surface area contributed by atoms with E-state index in [1.165, 1.54) is 37.3 Å². The number of rotatable bonds is 4. The maximum atomic E-state index is 12.3. The fraction of sp³-hybridized carbons (Fsp3) is 0.714. The molecule has 2 saturated heterocycles. The van der Waals surface area contributed by atoms with Gasteiger partial charge in [0.05, 0.1) is 18.0 Å². The van der Waals surface area contributed by atoms with Crippen molar-refractivity contribution in [2.45, 2.75) is 37.6 Å². The number of carbonyl (C=O) groups is 1. The van der Waals surface area contributed by atoms with Crippen molar-refractivity contribution in [3.05, 3.63) is 16.1 Å². The zero-order valence-corrected chi connectivity index (χ0v) is 13.1. The van der Waals surface area contributed by atoms with E-state index in [1.807, 2.05) is 10.3 Å². The Labute approximate surface area is 128 Å². The van der Waals surface area contributed by atoms with Crippen LogP contribution in [0.5, 0.6) is 0 Å². The van der Waals surface area contributed by atoms with Crippen LogP contribution in [-0.2, 0) is 17.1 Å². The van der Waals surface area contributed by atoms with Crippen LogP contribution in [-0.4, -0.2) is 52.9 Å². The average Bonchev–Trinajstić information content (AvgIpc) is 3.19. The van der Waals surface area contributed by atoms with Crippen LogP contribution < -0.4 is 0 Å². The molecule has 1 atom stereocenters. The largest absolute Gasteiger partial charge is 0.341 e. The summed E-state index contributed by atoms with van der Waals surface area (Å²) in [5, 5.41) is 2.82. The number of alkyl halides is 1. The van der Waals surface area contributed by atoms with E-state index in [9.17, 15) is 4.79 Å². The first-order valence-electron chi connectivity index (χ1n) is 7.27. The van der Waals surface area contributed by atoms with Crippen molar-refractivity contribution in [3.8, 4) is 0 Å². The third kappa shape index (κ3) is 3.15. The highest BCUT2D eigenvalue weighted by atomic mass is 35.5. The Kier molecular flexibility index (Phi) is 4.58. The quantitative estimate of drug-likeness (QED) is 0.799. The monoisotopic (exact) mass is 313 g/mol. The number of nitrogens with zero attached hydrogens (tertiary/aromatic N) is 3. The molecule has 3 heterocycles. The minimum Gasteiger partial charge on any atom is -0.341 e. The molecule has 0 N–H and O–H groups in total. The second-order valence-electron chi connectivity index (χ2n) is 5.57. The molecule has 1 amide bonds. The van der Waals surface area contributed by atoms with Crippen LogP contribution in [0.25, 0.3) is 0 Å². The molecule has 0 aliphatic carbocycles. The molecule has 0 radical (unpaired) electrons. The minimum atomic E-state index is 0.210. The third-order valence-electron chi connectivity index (χ3n) is 4.21. The molecule has 1 aromatic rings. The van der Waals surface area contributed by atoms with E-state index in [2.05, 4.69) is 9.88 Å². The van der Waals surface area contributed by atoms with Crippen molar-refractivity contribution in [3.63, 3.8) is 0 Å². The first-order valence-corrected chi connectivity index (χ1v) is 8.69. The van der Waals surface area contributed by atoms with Crippen molar-refractivity contribution in [2.75, 3.05) is 26.2 Å². The van der Waals surface area contributed by atoms with Crippen LogP contribution >= 0.6 is 22.9 Å². The van der Waals surface area contributed by atoms with Gasteiger partial charge in [0.1, 0.15) is 5.01 Å². The molecule has 0 spiro atoms. The molecule has 0 saturated carbocycles. The Morgan fingerprint density at radius 1 is 1.40 bits per heavy atom. The lowest BCUT2D eigenvalue weighted by atomic mass is 10.2. The van der Waals surface area contributed by atoms with Crippen molar-refractivity contribution in [1.29, 1.82) is 0 Å². The maximum absolute atomic E-state index is 12.3. The first-order chi connectivity index (χ1) is 9.76. The molecule has 6 heteroatoms. The predicted molar refractivity (Wildman–Crippen MR) is 81.2 cm³/mol. The number of aromatic nitrogens is 1. The predicted octanol–water partition coefficient (Wildman–Crippen LogP) is 2.12. The van der Waals surface area contributed by atoms with Gasteiger partial charge in [-0.2, -0.15) is 0 Å². The highest BCUT2D eigenvalue weighted by Crippen LogP contribution is 2.21. The van der Waals surface area contributed by atoms with E-state index in [4.69, 9.17) is 11.6 Å². The summed E-state index contributed by atoms with van der Waals surface area (Å²) in [4.78, 5) is 21.2. The molecular weight excluding hydrogens is 294 g/mol. The van der Waals surface area contributed by atoms with Gasteiger partial charge in [-0.1, -0.05) is 0 Å². The van der Waals surface area contributed by atoms with Gasteiger partial charge in [0.15, 0.2) is 0 Å². The third-order valence-corrected chi connectivity index (χ3v) is 5.38. The number of amides is 1. The number of likely N-dealkylation sites (tertiary alicyclic amines) is 2. The average molecular weight is 314 g/mol. The van der Waals surface area contributed by atoms with Gasteiger partial charge in [-0.3, -0.25) is 9.69 Å². The van der Waals surface area contributed by atoms with Crippen LogP contribution in [0.4, 0.5) is 0 Å². The molecule has 20 heavy (non-hydrogen) atoms. The molecule has 0 bridgehead atoms. The molecule has 1 unspecified atom stereocenters. The molecule has 2 aliphatic heterocycles. The van der Waals surface area contributed by atoms with Crippen molar-refractivity contribution in [2.24, 2.45) is 0 Å². The summed E-state index contributed by atoms with van der Waals surface area (Å²) in [6.07, 6.45) is 4.17. The van der Waals surface area contributed by atoms with Crippen molar-refractivity contribution >= 4 is 28.8 Å². The molecule has 1 aromatic heterocycles. The lowest BCUT2D eigenvalue weighted by molar-refractivity contribution is -0.129. The smallest absolute Gasteiger partial charge is 0.229 e. The molecule has 2 aliphatic rings. The molecule has 0 aromatic carbocycles. The number of hydrogen-bond acceptors (Lipinski definition) is 4. The van der Waals surface area contributed by atoms with Crippen molar-refractivity contribution in [1.82, 2.24) is 14.8 Å². The van der Waals surface area contributed by atoms with Gasteiger partial charge >= 0.3 is 0 Å². The number of hydrogen-bond donors (Lipinski definition) is 0. The van der Waals surface area contributed by atoms with Gasteiger partial charge in [-0.15, -0.1) is 22.9 Å². The topological polar surface area (TPSA) is 36.4 Å². The zero-order chi connectivity index (χ0) is 13.9. The summed E-state index contributed by atoms with van der Waals surface area (Å²) in [5.41, 5.74) is 0.871. The van der Waals surface area contributed by atoms with Crippen LogP contribution in [0.2, 0.25) is 0 Å². The highest BCUT2D eigenvalue weighted by molar-refractivity contribution is 7.09. The minimum absolute atomic E-state index is 0.210. The summed E-state index contributed by atoms with van der Waals surface area (Å²) in [6.45, 7) is 4.21. The second-order valence-corrected chi connectivity index (χ2v) is 6.78. The molecule has 4 nitrogen and oxygen atoms in total. The van der Waals surface area contributed by atoms with E-state index < -0.39 is 0 Å². The zero-order valence-electron chi connectivity index (χ0n) is 11.6. The fourth-order valence-electron chi connectivity index (χ4n) is 3.11. The van der Waals surface area contributed by atoms with E-state index in [0.29, 0.717) is 18.3 Å². The van der Waals surface area contributed by atoms with Gasteiger partial charge in [0.25, 0.3) is 0 Å². The van der Waals surface area contributed by atoms with Gasteiger partial charge in [-0.05, 0) is 32.4 Å². The Balaban J connectivity index is 1.53. The lowest BCUT2D eigenvalue weighted by Crippen LogP contribution is -2.37. The van der Waals surface area contributed by atoms with Crippen LogP contribution in [0, 0.1) is 0 Å². The summed E-state index contributed by atoms with van der Waals surface area (Å²) in [6, 6.07) is 0.580. The molecule has 2 fully saturated rings. The summed E-state index contributed by atoms with van der Waals surface area (Å²) in [5.74, 6) is 0.632. The van der Waals surface area contributed by atoms with E-state index in [-0.39, 0.29) is 5.91 Å². The molecule has 3 rings (SSSR count). The maximum Gasteiger partial charge on any atom is 0.229 e. The van der Waals surface area contributed by atoms with Gasteiger partial charge in [0.2, 0.25) is 5.91 Å². The van der Waals surface area contributed by atoms with E-state index in [0.717, 1.165) is 30.2 Å². The molecule has 110 valence electrons. The number of thiazole rings is 1. The van der Waals surface area contributed by atoms with E-state index in [1.54, 1.807) is 0 Å². The summed E-state index contributed by atoms with van der Waals surface area (Å²) in [7, 11) is 0. The SMILES string of the molecule is O=C(Cc1nc(CCl)cs1)N1CCC(N2CCCC2)C1. The van der Waals surface area contributed by atoms with Crippen LogP contribution in [0.3, 0.4) is 0 Å². The Bertz CT molecular complexity index is 473. The Hall–Kier alpha value is -0.650. The van der Waals surface area contributed by atoms with Gasteiger partial charge < -0.3 is 4.90 Å². The number of carbonyl (C=O) groups excluding carboxylic acids is 1. The van der Waals surface area contributed by atoms with Crippen molar-refractivity contribution < 1.29 is 4.79 Å². The van der Waals surface area contributed by atoms with Crippen LogP contribution in [0.15, 0.2) is 5.38 Å². The lowest BCUT2D eigenvalue weighted by Gasteiger charge is -2.23. The first kappa shape index (κ1) is 14.3. The number of halogens is 1. The Morgan fingerprint density at radius 3 is 2.90 bits per heavy atom. The summed E-state index contributed by atoms with van der Waals surface area (Å²) >= 11 is 7.27. The normalized spacial score (nSPS) is 23.6. The molecular formula is C14H20ClN3OS. The highest BCUT2D eigenvalue weighted by Gasteiger charge is 2.31. The standard InChI is InChI=1S/C14H20ClN3OS/c15-8-11-10-20-13(16-11)7-14(19)18-6-3-12(9-18)17-4-1-2-5-17/h10,12H,1-9H2. The van der Waals surface area contributed by atoms with Gasteiger partial charge in [0, 0.05) is 24.5 Å². The Morgan fingerprint density at radius 2 is 2.20 bits per heavy atom. The second kappa shape index (κ2) is 6.41. The van der Waals surface area contributed by atoms with Crippen LogP contribution in [0.1, 0.15) is 30.0 Å². The van der Waals surface area contributed by atoms with Gasteiger partial charge in [-0.25, -0.2) is 4.98 Å². The van der Waals surface area contributed by atoms with E-state index >= 15 is 0 Å². The fourth-order valence-corrected chi connectivity index (χ4v) is 4.12. The summed E-state index contributed by atoms with van der Waals surface area (Å²) < 4.78 is 0.